The second kappa shape index (κ2) is 6.96. The van der Waals surface area contributed by atoms with Crippen LogP contribution in [0.5, 0.6) is 0 Å². The van der Waals surface area contributed by atoms with E-state index in [-0.39, 0.29) is 0 Å². The van der Waals surface area contributed by atoms with Gasteiger partial charge in [0.05, 0.1) is 0 Å². The van der Waals surface area contributed by atoms with Crippen LogP contribution in [0.4, 0.5) is 5.82 Å². The third-order valence-electron chi connectivity index (χ3n) is 2.21. The molecule has 4 nitrogen and oxygen atoms in total. The van der Waals surface area contributed by atoms with E-state index in [4.69, 9.17) is 5.11 Å². The molecule has 0 aromatic carbocycles. The van der Waals surface area contributed by atoms with Crippen LogP contribution >= 0.6 is 11.8 Å². The van der Waals surface area contributed by atoms with Gasteiger partial charge in [-0.05, 0) is 30.0 Å². The lowest BCUT2D eigenvalue weighted by atomic mass is 10.2. The van der Waals surface area contributed by atoms with Crippen LogP contribution in [0, 0.1) is 0 Å². The maximum atomic E-state index is 10.3. The quantitative estimate of drug-likeness (QED) is 0.785. The number of carboxylic acid groups (broad SMARTS) is 1. The maximum Gasteiger partial charge on any atom is 0.328 e. The Morgan fingerprint density at radius 1 is 1.59 bits per heavy atom. The summed E-state index contributed by atoms with van der Waals surface area (Å²) >= 11 is 1.79. The lowest BCUT2D eigenvalue weighted by molar-refractivity contribution is -0.131. The number of rotatable bonds is 6. The molecule has 5 heteroatoms. The van der Waals surface area contributed by atoms with Crippen molar-refractivity contribution < 1.29 is 9.90 Å². The summed E-state index contributed by atoms with van der Waals surface area (Å²) < 4.78 is 0. The van der Waals surface area contributed by atoms with Gasteiger partial charge in [0, 0.05) is 31.6 Å². The standard InChI is InChI=1S/C12H16N2O2S/c1-14(7-8-17-2)11-5-3-10(9-13-11)4-6-12(15)16/h3-6,9H,7-8H2,1-2H3,(H,15,16)/b6-4+. The van der Waals surface area contributed by atoms with Crippen molar-refractivity contribution in [3.63, 3.8) is 0 Å². The number of pyridine rings is 1. The number of aromatic nitrogens is 1. The Hall–Kier alpha value is -1.49. The second-order valence-corrected chi connectivity index (χ2v) is 4.52. The molecule has 0 saturated carbocycles. The maximum absolute atomic E-state index is 10.3. The van der Waals surface area contributed by atoms with E-state index < -0.39 is 5.97 Å². The number of carbonyl (C=O) groups is 1. The van der Waals surface area contributed by atoms with Gasteiger partial charge in [-0.25, -0.2) is 9.78 Å². The van der Waals surface area contributed by atoms with Crippen LogP contribution in [-0.2, 0) is 4.79 Å². The largest absolute Gasteiger partial charge is 0.478 e. The van der Waals surface area contributed by atoms with Gasteiger partial charge in [0.25, 0.3) is 0 Å². The number of anilines is 1. The summed E-state index contributed by atoms with van der Waals surface area (Å²) in [5.41, 5.74) is 0.786. The molecule has 1 aromatic rings. The van der Waals surface area contributed by atoms with Gasteiger partial charge in [-0.3, -0.25) is 0 Å². The highest BCUT2D eigenvalue weighted by Gasteiger charge is 2.00. The molecule has 0 bridgehead atoms. The van der Waals surface area contributed by atoms with Gasteiger partial charge in [-0.2, -0.15) is 11.8 Å². The van der Waals surface area contributed by atoms with Crippen LogP contribution in [0.2, 0.25) is 0 Å². The first-order valence-corrected chi connectivity index (χ1v) is 6.60. The van der Waals surface area contributed by atoms with Crippen molar-refractivity contribution in [2.75, 3.05) is 30.5 Å². The highest BCUT2D eigenvalue weighted by Crippen LogP contribution is 2.11. The lowest BCUT2D eigenvalue weighted by Gasteiger charge is -2.17. The molecule has 0 aliphatic rings. The highest BCUT2D eigenvalue weighted by molar-refractivity contribution is 7.98. The zero-order valence-electron chi connectivity index (χ0n) is 9.96. The third-order valence-corrected chi connectivity index (χ3v) is 2.80. The Balaban J connectivity index is 2.64. The molecule has 92 valence electrons. The van der Waals surface area contributed by atoms with E-state index in [9.17, 15) is 4.79 Å². The fourth-order valence-electron chi connectivity index (χ4n) is 1.23. The van der Waals surface area contributed by atoms with Crippen LogP contribution in [0.25, 0.3) is 6.08 Å². The summed E-state index contributed by atoms with van der Waals surface area (Å²) in [5, 5.41) is 8.50. The zero-order valence-corrected chi connectivity index (χ0v) is 10.8. The van der Waals surface area contributed by atoms with Crippen molar-refractivity contribution in [1.82, 2.24) is 4.98 Å². The van der Waals surface area contributed by atoms with E-state index in [2.05, 4.69) is 16.1 Å². The Kier molecular flexibility index (Phi) is 5.56. The Labute approximate surface area is 105 Å². The SMILES string of the molecule is CSCCN(C)c1ccc(/C=C/C(=O)O)cn1. The van der Waals surface area contributed by atoms with Crippen molar-refractivity contribution in [1.29, 1.82) is 0 Å². The molecule has 0 amide bonds. The average Bonchev–Trinajstić information content (AvgIpc) is 2.34. The van der Waals surface area contributed by atoms with E-state index in [1.165, 1.54) is 6.08 Å². The molecule has 0 saturated heterocycles. The molecule has 0 unspecified atom stereocenters. The first-order valence-electron chi connectivity index (χ1n) is 5.20. The first-order chi connectivity index (χ1) is 8.13. The van der Waals surface area contributed by atoms with E-state index in [1.54, 1.807) is 18.0 Å². The fourth-order valence-corrected chi connectivity index (χ4v) is 1.69. The minimum atomic E-state index is -0.953. The molecule has 0 radical (unpaired) electrons. The first kappa shape index (κ1) is 13.6. The summed E-state index contributed by atoms with van der Waals surface area (Å²) in [6.07, 6.45) is 6.38. The minimum Gasteiger partial charge on any atom is -0.478 e. The molecular formula is C12H16N2O2S. The summed E-state index contributed by atoms with van der Waals surface area (Å²) in [4.78, 5) is 16.7. The van der Waals surface area contributed by atoms with Gasteiger partial charge in [-0.1, -0.05) is 0 Å². The van der Waals surface area contributed by atoms with E-state index in [0.717, 1.165) is 29.8 Å². The van der Waals surface area contributed by atoms with Crippen LogP contribution in [0.3, 0.4) is 0 Å². The Morgan fingerprint density at radius 3 is 2.88 bits per heavy atom. The molecule has 17 heavy (non-hydrogen) atoms. The van der Waals surface area contributed by atoms with Gasteiger partial charge in [0.1, 0.15) is 5.82 Å². The van der Waals surface area contributed by atoms with Crippen LogP contribution in [0.1, 0.15) is 5.56 Å². The Morgan fingerprint density at radius 2 is 2.35 bits per heavy atom. The van der Waals surface area contributed by atoms with E-state index in [1.807, 2.05) is 19.2 Å². The fraction of sp³-hybridized carbons (Fsp3) is 0.333. The number of carboxylic acids is 1. The monoisotopic (exact) mass is 252 g/mol. The van der Waals surface area contributed by atoms with Gasteiger partial charge >= 0.3 is 5.97 Å². The molecule has 1 N–H and O–H groups in total. The van der Waals surface area contributed by atoms with Crippen molar-refractivity contribution >= 4 is 29.6 Å². The molecule has 1 aromatic heterocycles. The summed E-state index contributed by atoms with van der Waals surface area (Å²) in [5.74, 6) is 0.997. The van der Waals surface area contributed by atoms with Gasteiger partial charge in [-0.15, -0.1) is 0 Å². The second-order valence-electron chi connectivity index (χ2n) is 3.54. The van der Waals surface area contributed by atoms with Gasteiger partial charge in [0.2, 0.25) is 0 Å². The topological polar surface area (TPSA) is 53.4 Å². The van der Waals surface area contributed by atoms with Gasteiger partial charge < -0.3 is 10.0 Å². The van der Waals surface area contributed by atoms with Crippen molar-refractivity contribution in [3.8, 4) is 0 Å². The van der Waals surface area contributed by atoms with Crippen molar-refractivity contribution in [2.24, 2.45) is 0 Å². The Bertz CT molecular complexity index is 390. The summed E-state index contributed by atoms with van der Waals surface area (Å²) in [6.45, 7) is 0.943. The smallest absolute Gasteiger partial charge is 0.328 e. The minimum absolute atomic E-state index is 0.786. The molecule has 0 aliphatic heterocycles. The van der Waals surface area contributed by atoms with Crippen molar-refractivity contribution in [2.45, 2.75) is 0 Å². The average molecular weight is 252 g/mol. The number of nitrogens with zero attached hydrogens (tertiary/aromatic N) is 2. The normalized spacial score (nSPS) is 10.7. The predicted molar refractivity (Wildman–Crippen MR) is 72.6 cm³/mol. The van der Waals surface area contributed by atoms with Gasteiger partial charge in [0.15, 0.2) is 0 Å². The summed E-state index contributed by atoms with van der Waals surface area (Å²) in [7, 11) is 1.99. The van der Waals surface area contributed by atoms with Crippen LogP contribution in [-0.4, -0.2) is 41.7 Å². The lowest BCUT2D eigenvalue weighted by Crippen LogP contribution is -2.21. The third kappa shape index (κ3) is 4.91. The van der Waals surface area contributed by atoms with E-state index >= 15 is 0 Å². The van der Waals surface area contributed by atoms with Crippen LogP contribution < -0.4 is 4.90 Å². The van der Waals surface area contributed by atoms with Crippen LogP contribution in [0.15, 0.2) is 24.4 Å². The number of hydrogen-bond acceptors (Lipinski definition) is 4. The molecule has 1 rings (SSSR count). The molecule has 0 aliphatic carbocycles. The number of thioether (sulfide) groups is 1. The van der Waals surface area contributed by atoms with E-state index in [0.29, 0.717) is 0 Å². The number of aliphatic carboxylic acids is 1. The molecule has 0 fully saturated rings. The van der Waals surface area contributed by atoms with Crippen molar-refractivity contribution in [3.05, 3.63) is 30.0 Å². The highest BCUT2D eigenvalue weighted by atomic mass is 32.2. The molecule has 0 spiro atoms. The summed E-state index contributed by atoms with van der Waals surface area (Å²) in [6, 6.07) is 3.75. The number of hydrogen-bond donors (Lipinski definition) is 1. The molecule has 0 atom stereocenters. The zero-order chi connectivity index (χ0) is 12.7. The predicted octanol–water partition coefficient (Wildman–Crippen LogP) is 1.98. The molecular weight excluding hydrogens is 236 g/mol. The molecule has 1 heterocycles.